The van der Waals surface area contributed by atoms with Gasteiger partial charge in [0, 0.05) is 19.6 Å². The molecule has 7 nitrogen and oxygen atoms in total. The number of nitrogens with one attached hydrogen (secondary N) is 1. The third-order valence-corrected chi connectivity index (χ3v) is 6.00. The van der Waals surface area contributed by atoms with Crippen molar-refractivity contribution in [1.29, 1.82) is 0 Å². The van der Waals surface area contributed by atoms with Crippen molar-refractivity contribution >= 4 is 15.9 Å². The number of carbonyl (C=O) groups is 1. The summed E-state index contributed by atoms with van der Waals surface area (Å²) in [4.78, 5) is 14.5. The van der Waals surface area contributed by atoms with E-state index in [2.05, 4.69) is 4.72 Å². The van der Waals surface area contributed by atoms with Gasteiger partial charge in [0.25, 0.3) is 5.91 Å². The zero-order valence-corrected chi connectivity index (χ0v) is 16.8. The monoisotopic (exact) mass is 404 g/mol. The average Bonchev–Trinajstić information content (AvgIpc) is 2.73. The predicted molar refractivity (Wildman–Crippen MR) is 105 cm³/mol. The van der Waals surface area contributed by atoms with Crippen LogP contribution >= 0.6 is 0 Å². The molecule has 1 fully saturated rings. The second-order valence-electron chi connectivity index (χ2n) is 6.58. The Balaban J connectivity index is 1.82. The highest BCUT2D eigenvalue weighted by atomic mass is 32.2. The number of amides is 1. The molecule has 1 amide bonds. The van der Waals surface area contributed by atoms with Crippen LogP contribution in [-0.2, 0) is 21.3 Å². The predicted octanol–water partition coefficient (Wildman–Crippen LogP) is 1.95. The number of morpholine rings is 1. The summed E-state index contributed by atoms with van der Waals surface area (Å²) < 4.78 is 38.6. The molecule has 3 rings (SSSR count). The molecule has 28 heavy (non-hydrogen) atoms. The lowest BCUT2D eigenvalue weighted by Crippen LogP contribution is -2.40. The van der Waals surface area contributed by atoms with Gasteiger partial charge in [-0.2, -0.15) is 0 Å². The van der Waals surface area contributed by atoms with Crippen LogP contribution in [0.1, 0.15) is 21.5 Å². The molecule has 0 aromatic heterocycles. The molecule has 0 saturated carbocycles. The average molecular weight is 404 g/mol. The Kier molecular flexibility index (Phi) is 6.33. The quantitative estimate of drug-likeness (QED) is 0.796. The number of sulfonamides is 1. The van der Waals surface area contributed by atoms with Gasteiger partial charge in [-0.1, -0.05) is 29.8 Å². The summed E-state index contributed by atoms with van der Waals surface area (Å²) in [6.07, 6.45) is 0. The molecular weight excluding hydrogens is 380 g/mol. The third kappa shape index (κ3) is 4.70. The fourth-order valence-corrected chi connectivity index (χ4v) is 3.97. The van der Waals surface area contributed by atoms with Crippen LogP contribution in [0.2, 0.25) is 0 Å². The normalized spacial score (nSPS) is 14.7. The molecule has 1 aliphatic rings. The number of rotatable bonds is 6. The van der Waals surface area contributed by atoms with Crippen molar-refractivity contribution in [2.75, 3.05) is 33.4 Å². The van der Waals surface area contributed by atoms with Crippen molar-refractivity contribution < 1.29 is 22.7 Å². The van der Waals surface area contributed by atoms with Crippen LogP contribution in [0.15, 0.2) is 47.4 Å². The number of nitrogens with zero attached hydrogens (tertiary/aromatic N) is 1. The van der Waals surface area contributed by atoms with Crippen LogP contribution in [0.3, 0.4) is 0 Å². The van der Waals surface area contributed by atoms with Gasteiger partial charge >= 0.3 is 0 Å². The van der Waals surface area contributed by atoms with E-state index >= 15 is 0 Å². The van der Waals surface area contributed by atoms with Crippen LogP contribution in [0.4, 0.5) is 0 Å². The van der Waals surface area contributed by atoms with Crippen molar-refractivity contribution in [2.24, 2.45) is 0 Å². The molecule has 1 saturated heterocycles. The van der Waals surface area contributed by atoms with E-state index in [4.69, 9.17) is 9.47 Å². The van der Waals surface area contributed by atoms with E-state index in [-0.39, 0.29) is 22.9 Å². The number of carbonyl (C=O) groups excluding carboxylic acids is 1. The zero-order chi connectivity index (χ0) is 20.1. The molecule has 1 aliphatic heterocycles. The highest BCUT2D eigenvalue weighted by Crippen LogP contribution is 2.24. The van der Waals surface area contributed by atoms with Crippen LogP contribution < -0.4 is 9.46 Å². The first-order chi connectivity index (χ1) is 13.4. The van der Waals surface area contributed by atoms with Crippen LogP contribution in [0.25, 0.3) is 0 Å². The van der Waals surface area contributed by atoms with Crippen LogP contribution in [-0.4, -0.2) is 52.6 Å². The molecule has 8 heteroatoms. The Morgan fingerprint density at radius 2 is 1.82 bits per heavy atom. The molecular formula is C20H24N2O5S. The van der Waals surface area contributed by atoms with Gasteiger partial charge in [-0.25, -0.2) is 13.1 Å². The van der Waals surface area contributed by atoms with Crippen LogP contribution in [0, 0.1) is 6.92 Å². The number of methoxy groups -OCH3 is 1. The summed E-state index contributed by atoms with van der Waals surface area (Å²) in [6.45, 7) is 3.99. The van der Waals surface area contributed by atoms with Crippen molar-refractivity contribution in [2.45, 2.75) is 18.4 Å². The van der Waals surface area contributed by atoms with E-state index in [1.54, 1.807) is 4.90 Å². The van der Waals surface area contributed by atoms with Crippen LogP contribution in [0.5, 0.6) is 5.75 Å². The molecule has 0 atom stereocenters. The molecule has 1 N–H and O–H groups in total. The van der Waals surface area contributed by atoms with Gasteiger partial charge in [-0.15, -0.1) is 0 Å². The third-order valence-electron chi connectivity index (χ3n) is 4.60. The maximum atomic E-state index is 12.8. The van der Waals surface area contributed by atoms with Gasteiger partial charge in [0.1, 0.15) is 5.75 Å². The summed E-state index contributed by atoms with van der Waals surface area (Å²) in [7, 11) is -2.33. The van der Waals surface area contributed by atoms with E-state index in [1.807, 2.05) is 31.2 Å². The summed E-state index contributed by atoms with van der Waals surface area (Å²) >= 11 is 0. The first kappa shape index (κ1) is 20.3. The number of hydrogen-bond donors (Lipinski definition) is 1. The number of aryl methyl sites for hydroxylation is 1. The van der Waals surface area contributed by atoms with Gasteiger partial charge in [-0.05, 0) is 30.7 Å². The van der Waals surface area contributed by atoms with E-state index in [9.17, 15) is 13.2 Å². The molecule has 2 aromatic carbocycles. The molecule has 0 bridgehead atoms. The fraction of sp³-hybridized carbons (Fsp3) is 0.350. The smallest absolute Gasteiger partial charge is 0.257 e. The second-order valence-corrected chi connectivity index (χ2v) is 8.34. The largest absolute Gasteiger partial charge is 0.496 e. The molecule has 2 aromatic rings. The van der Waals surface area contributed by atoms with Crippen molar-refractivity contribution in [3.05, 3.63) is 59.2 Å². The lowest BCUT2D eigenvalue weighted by molar-refractivity contribution is 0.0300. The SMILES string of the molecule is COc1ccc(S(=O)(=O)NCc2ccc(C)cc2)cc1C(=O)N1CCOCC1. The van der Waals surface area contributed by atoms with Crippen molar-refractivity contribution in [1.82, 2.24) is 9.62 Å². The Morgan fingerprint density at radius 1 is 1.14 bits per heavy atom. The molecule has 150 valence electrons. The minimum absolute atomic E-state index is 0.0250. The van der Waals surface area contributed by atoms with Gasteiger partial charge in [0.15, 0.2) is 0 Å². The van der Waals surface area contributed by atoms with Gasteiger partial charge in [0.2, 0.25) is 10.0 Å². The highest BCUT2D eigenvalue weighted by Gasteiger charge is 2.24. The van der Waals surface area contributed by atoms with Gasteiger partial charge in [0.05, 0.1) is 30.8 Å². The Hall–Kier alpha value is -2.42. The van der Waals surface area contributed by atoms with Crippen molar-refractivity contribution in [3.8, 4) is 5.75 Å². The second kappa shape index (κ2) is 8.72. The maximum Gasteiger partial charge on any atom is 0.257 e. The Labute approximate surface area is 165 Å². The molecule has 0 aliphatic carbocycles. The van der Waals surface area contributed by atoms with E-state index < -0.39 is 10.0 Å². The Morgan fingerprint density at radius 3 is 2.46 bits per heavy atom. The summed E-state index contributed by atoms with van der Waals surface area (Å²) in [5.41, 5.74) is 2.18. The molecule has 0 spiro atoms. The number of ether oxygens (including phenoxy) is 2. The summed E-state index contributed by atoms with van der Waals surface area (Å²) in [5.74, 6) is 0.0738. The Bertz CT molecular complexity index is 936. The van der Waals surface area contributed by atoms with E-state index in [1.165, 1.54) is 25.3 Å². The van der Waals surface area contributed by atoms with Gasteiger partial charge in [-0.3, -0.25) is 4.79 Å². The summed E-state index contributed by atoms with van der Waals surface area (Å²) in [5, 5.41) is 0. The molecule has 0 unspecified atom stereocenters. The van der Waals surface area contributed by atoms with Gasteiger partial charge < -0.3 is 14.4 Å². The maximum absolute atomic E-state index is 12.8. The lowest BCUT2D eigenvalue weighted by Gasteiger charge is -2.27. The topological polar surface area (TPSA) is 84.9 Å². The van der Waals surface area contributed by atoms with E-state index in [0.29, 0.717) is 32.1 Å². The number of benzene rings is 2. The first-order valence-corrected chi connectivity index (χ1v) is 10.5. The molecule has 1 heterocycles. The lowest BCUT2D eigenvalue weighted by atomic mass is 10.1. The highest BCUT2D eigenvalue weighted by molar-refractivity contribution is 7.89. The fourth-order valence-electron chi connectivity index (χ4n) is 2.93. The minimum atomic E-state index is -3.78. The summed E-state index contributed by atoms with van der Waals surface area (Å²) in [6, 6.07) is 11.9. The van der Waals surface area contributed by atoms with Crippen molar-refractivity contribution in [3.63, 3.8) is 0 Å². The van der Waals surface area contributed by atoms with E-state index in [0.717, 1.165) is 11.1 Å². The molecule has 0 radical (unpaired) electrons. The number of hydrogen-bond acceptors (Lipinski definition) is 5. The zero-order valence-electron chi connectivity index (χ0n) is 16.0. The minimum Gasteiger partial charge on any atom is -0.496 e. The first-order valence-electron chi connectivity index (χ1n) is 9.01. The standard InChI is InChI=1S/C20H24N2O5S/c1-15-3-5-16(6-4-15)14-21-28(24,25)17-7-8-19(26-2)18(13-17)20(23)22-9-11-27-12-10-22/h3-8,13,21H,9-12,14H2,1-2H3.